The van der Waals surface area contributed by atoms with Crippen LogP contribution in [0.3, 0.4) is 0 Å². The van der Waals surface area contributed by atoms with Gasteiger partial charge in [0, 0.05) is 24.6 Å². The summed E-state index contributed by atoms with van der Waals surface area (Å²) < 4.78 is 49.4. The van der Waals surface area contributed by atoms with Gasteiger partial charge in [0.05, 0.1) is 28.2 Å². The maximum absolute atomic E-state index is 12.8. The summed E-state index contributed by atoms with van der Waals surface area (Å²) in [5.41, 5.74) is -1.46. The van der Waals surface area contributed by atoms with Crippen LogP contribution in [0.15, 0.2) is 42.5 Å². The van der Waals surface area contributed by atoms with E-state index in [4.69, 9.17) is 44.3 Å². The topological polar surface area (TPSA) is 128 Å². The molecule has 0 aliphatic carbocycles. The zero-order valence-corrected chi connectivity index (χ0v) is 20.4. The Morgan fingerprint density at radius 2 is 1.76 bits per heavy atom. The molecule has 1 atom stereocenters. The van der Waals surface area contributed by atoms with Crippen LogP contribution in [0.4, 0.5) is 18.9 Å². The molecule has 37 heavy (non-hydrogen) atoms. The minimum atomic E-state index is -4.61. The fourth-order valence-corrected chi connectivity index (χ4v) is 3.58. The van der Waals surface area contributed by atoms with Crippen molar-refractivity contribution in [2.24, 2.45) is 0 Å². The third-order valence-electron chi connectivity index (χ3n) is 4.61. The molecule has 9 nitrogen and oxygen atoms in total. The van der Waals surface area contributed by atoms with Gasteiger partial charge in [0.1, 0.15) is 21.8 Å². The predicted molar refractivity (Wildman–Crippen MR) is 125 cm³/mol. The van der Waals surface area contributed by atoms with Gasteiger partial charge in [-0.15, -0.1) is 0 Å². The Balaban J connectivity index is 1.75. The van der Waals surface area contributed by atoms with Gasteiger partial charge in [-0.2, -0.15) is 18.4 Å². The van der Waals surface area contributed by atoms with E-state index in [-0.39, 0.29) is 51.4 Å². The van der Waals surface area contributed by atoms with Crippen molar-refractivity contribution in [3.8, 4) is 23.3 Å². The van der Waals surface area contributed by atoms with Crippen LogP contribution >= 0.6 is 34.8 Å². The molecular weight excluding hydrogens is 564 g/mol. The molecule has 0 aliphatic rings. The summed E-state index contributed by atoms with van der Waals surface area (Å²) in [4.78, 5) is 30.8. The first-order valence-corrected chi connectivity index (χ1v) is 11.1. The van der Waals surface area contributed by atoms with Crippen molar-refractivity contribution >= 4 is 46.3 Å². The number of hydrogen-bond donors (Lipinski definition) is 0. The first-order valence-electron chi connectivity index (χ1n) is 9.97. The molecule has 192 valence electrons. The van der Waals surface area contributed by atoms with Gasteiger partial charge >= 0.3 is 11.9 Å². The smallest absolute Gasteiger partial charge is 0.416 e. The zero-order valence-electron chi connectivity index (χ0n) is 18.1. The number of carbonyl (C=O) groups excluding carboxylic acids is 1. The van der Waals surface area contributed by atoms with E-state index in [1.165, 1.54) is 12.1 Å². The summed E-state index contributed by atoms with van der Waals surface area (Å²) >= 11 is 17.4. The SMILES string of the molecule is N#CC(C(=O)CCOc1cc(Oc2ccc(C(F)(F)F)cc2Cl)ccc1[N+](=O)[O-])c1nc(Cl)cc(Cl)n1. The Morgan fingerprint density at radius 1 is 1.08 bits per heavy atom. The summed E-state index contributed by atoms with van der Waals surface area (Å²) in [6.07, 6.45) is -4.97. The van der Waals surface area contributed by atoms with Crippen LogP contribution in [0.25, 0.3) is 0 Å². The summed E-state index contributed by atoms with van der Waals surface area (Å²) in [5.74, 6) is -2.75. The first-order chi connectivity index (χ1) is 17.4. The molecule has 0 spiro atoms. The van der Waals surface area contributed by atoms with Gasteiger partial charge in [-0.3, -0.25) is 14.9 Å². The predicted octanol–water partition coefficient (Wildman–Crippen LogP) is 6.80. The highest BCUT2D eigenvalue weighted by Gasteiger charge is 2.31. The van der Waals surface area contributed by atoms with Crippen LogP contribution in [0.5, 0.6) is 17.2 Å². The average molecular weight is 576 g/mol. The van der Waals surface area contributed by atoms with Crippen LogP contribution in [-0.2, 0) is 11.0 Å². The van der Waals surface area contributed by atoms with E-state index in [0.717, 1.165) is 24.3 Å². The highest BCUT2D eigenvalue weighted by atomic mass is 35.5. The first kappa shape index (κ1) is 27.9. The van der Waals surface area contributed by atoms with Crippen molar-refractivity contribution in [3.05, 3.63) is 79.3 Å². The Morgan fingerprint density at radius 3 is 2.32 bits per heavy atom. The van der Waals surface area contributed by atoms with Crippen molar-refractivity contribution in [3.63, 3.8) is 0 Å². The molecule has 0 fully saturated rings. The number of nitrogens with zero attached hydrogens (tertiary/aromatic N) is 4. The van der Waals surface area contributed by atoms with Crippen LogP contribution in [-0.4, -0.2) is 27.3 Å². The lowest BCUT2D eigenvalue weighted by molar-refractivity contribution is -0.385. The van der Waals surface area contributed by atoms with Gasteiger partial charge in [0.25, 0.3) is 0 Å². The molecule has 0 N–H and O–H groups in total. The maximum atomic E-state index is 12.8. The van der Waals surface area contributed by atoms with Crippen molar-refractivity contribution in [2.75, 3.05) is 6.61 Å². The molecule has 0 amide bonds. The number of hydrogen-bond acceptors (Lipinski definition) is 8. The highest BCUT2D eigenvalue weighted by Crippen LogP contribution is 2.38. The quantitative estimate of drug-likeness (QED) is 0.155. The molecule has 1 unspecified atom stereocenters. The second-order valence-electron chi connectivity index (χ2n) is 7.13. The number of aromatic nitrogens is 2. The molecule has 3 aromatic rings. The Bertz CT molecular complexity index is 1380. The molecule has 3 rings (SSSR count). The Hall–Kier alpha value is -3.66. The minimum Gasteiger partial charge on any atom is -0.486 e. The number of nitro groups is 1. The van der Waals surface area contributed by atoms with Crippen molar-refractivity contribution < 1.29 is 32.4 Å². The lowest BCUT2D eigenvalue weighted by Crippen LogP contribution is -2.17. The molecule has 0 aliphatic heterocycles. The van der Waals surface area contributed by atoms with Gasteiger partial charge in [-0.25, -0.2) is 9.97 Å². The number of ketones is 1. The summed E-state index contributed by atoms with van der Waals surface area (Å²) in [6, 6.07) is 8.75. The fraction of sp³-hybridized carbons (Fsp3) is 0.182. The van der Waals surface area contributed by atoms with Gasteiger partial charge in [0.15, 0.2) is 17.5 Å². The van der Waals surface area contributed by atoms with E-state index >= 15 is 0 Å². The molecular formula is C22H12Cl3F3N4O5. The van der Waals surface area contributed by atoms with Gasteiger partial charge in [-0.1, -0.05) is 34.8 Å². The third-order valence-corrected chi connectivity index (χ3v) is 5.29. The van der Waals surface area contributed by atoms with Crippen molar-refractivity contribution in [1.29, 1.82) is 5.26 Å². The number of Topliss-reactive ketones (excluding diaryl/α,β-unsaturated/α-hetero) is 1. The van der Waals surface area contributed by atoms with E-state index < -0.39 is 34.1 Å². The second-order valence-corrected chi connectivity index (χ2v) is 8.31. The lowest BCUT2D eigenvalue weighted by atomic mass is 10.0. The van der Waals surface area contributed by atoms with Crippen LogP contribution in [0.2, 0.25) is 15.3 Å². The normalized spacial score (nSPS) is 11.9. The Kier molecular flexibility index (Phi) is 8.75. The van der Waals surface area contributed by atoms with E-state index in [0.29, 0.717) is 6.07 Å². The fourth-order valence-electron chi connectivity index (χ4n) is 2.93. The number of halogens is 6. The van der Waals surface area contributed by atoms with Crippen LogP contribution < -0.4 is 9.47 Å². The van der Waals surface area contributed by atoms with Gasteiger partial charge in [-0.05, 0) is 24.3 Å². The van der Waals surface area contributed by atoms with Crippen molar-refractivity contribution in [2.45, 2.75) is 18.5 Å². The molecule has 0 saturated carbocycles. The monoisotopic (exact) mass is 574 g/mol. The van der Waals surface area contributed by atoms with E-state index in [2.05, 4.69) is 9.97 Å². The Labute approximate surface area is 221 Å². The van der Waals surface area contributed by atoms with Gasteiger partial charge < -0.3 is 9.47 Å². The minimum absolute atomic E-state index is 0.0366. The maximum Gasteiger partial charge on any atom is 0.416 e. The van der Waals surface area contributed by atoms with Gasteiger partial charge in [0.2, 0.25) is 5.75 Å². The van der Waals surface area contributed by atoms with E-state index in [1.54, 1.807) is 6.07 Å². The number of carbonyl (C=O) groups is 1. The van der Waals surface area contributed by atoms with Crippen LogP contribution in [0.1, 0.15) is 23.7 Å². The van der Waals surface area contributed by atoms with E-state index in [9.17, 15) is 33.3 Å². The summed E-state index contributed by atoms with van der Waals surface area (Å²) in [7, 11) is 0. The lowest BCUT2D eigenvalue weighted by Gasteiger charge is -2.13. The summed E-state index contributed by atoms with van der Waals surface area (Å²) in [6.45, 7) is -0.378. The standard InChI is InChI=1S/C22H12Cl3F3N4O5/c23-14-7-11(22(26,27)28)1-4-17(14)37-12-2-3-15(32(34)35)18(8-12)36-6-5-16(33)13(10-29)21-30-19(24)9-20(25)31-21/h1-4,7-9,13H,5-6H2. The highest BCUT2D eigenvalue weighted by molar-refractivity contribution is 6.33. The number of rotatable bonds is 9. The summed E-state index contributed by atoms with van der Waals surface area (Å²) in [5, 5.41) is 20.3. The second kappa shape index (κ2) is 11.6. The van der Waals surface area contributed by atoms with Crippen molar-refractivity contribution in [1.82, 2.24) is 9.97 Å². The molecule has 2 aromatic carbocycles. The largest absolute Gasteiger partial charge is 0.486 e. The number of benzene rings is 2. The number of ether oxygens (including phenoxy) is 2. The number of nitro benzene ring substituents is 1. The molecule has 1 heterocycles. The number of alkyl halides is 3. The molecule has 0 radical (unpaired) electrons. The van der Waals surface area contributed by atoms with Crippen LogP contribution in [0, 0.1) is 21.4 Å². The zero-order chi connectivity index (χ0) is 27.3. The third kappa shape index (κ3) is 7.19. The van der Waals surface area contributed by atoms with E-state index in [1.807, 2.05) is 0 Å². The average Bonchev–Trinajstić information content (AvgIpc) is 2.79. The molecule has 15 heteroatoms. The number of nitriles is 1. The molecule has 1 aromatic heterocycles. The molecule has 0 saturated heterocycles. The molecule has 0 bridgehead atoms.